The van der Waals surface area contributed by atoms with E-state index in [1.165, 1.54) is 13.8 Å². The SMILES string of the molecule is COc1ccc(NC(=O)C(C)(C)C(=O)O)c(C)c1. The zero-order chi connectivity index (χ0) is 13.9. The van der Waals surface area contributed by atoms with Crippen LogP contribution in [0.4, 0.5) is 5.69 Å². The molecule has 0 heterocycles. The number of aryl methyl sites for hydroxylation is 1. The van der Waals surface area contributed by atoms with Crippen LogP contribution in [0, 0.1) is 12.3 Å². The van der Waals surface area contributed by atoms with Crippen molar-refractivity contribution in [1.29, 1.82) is 0 Å². The molecule has 0 unspecified atom stereocenters. The number of hydrogen-bond donors (Lipinski definition) is 2. The highest BCUT2D eigenvalue weighted by Gasteiger charge is 2.36. The zero-order valence-corrected chi connectivity index (χ0v) is 10.9. The first-order valence-electron chi connectivity index (χ1n) is 5.48. The van der Waals surface area contributed by atoms with Crippen LogP contribution in [0.25, 0.3) is 0 Å². The molecule has 98 valence electrons. The first kappa shape index (κ1) is 14.0. The van der Waals surface area contributed by atoms with Gasteiger partial charge in [-0.2, -0.15) is 0 Å². The number of carbonyl (C=O) groups is 2. The van der Waals surface area contributed by atoms with Gasteiger partial charge in [-0.15, -0.1) is 0 Å². The van der Waals surface area contributed by atoms with E-state index >= 15 is 0 Å². The van der Waals surface area contributed by atoms with E-state index in [2.05, 4.69) is 5.32 Å². The summed E-state index contributed by atoms with van der Waals surface area (Å²) in [5, 5.41) is 11.6. The third-order valence-electron chi connectivity index (χ3n) is 2.78. The Morgan fingerprint density at radius 3 is 2.39 bits per heavy atom. The minimum atomic E-state index is -1.47. The van der Waals surface area contributed by atoms with E-state index in [0.29, 0.717) is 11.4 Å². The molecule has 1 amide bonds. The number of benzene rings is 1. The number of ether oxygens (including phenoxy) is 1. The number of anilines is 1. The fourth-order valence-electron chi connectivity index (χ4n) is 1.28. The van der Waals surface area contributed by atoms with Crippen molar-refractivity contribution in [2.75, 3.05) is 12.4 Å². The van der Waals surface area contributed by atoms with Crippen molar-refractivity contribution >= 4 is 17.6 Å². The monoisotopic (exact) mass is 251 g/mol. The van der Waals surface area contributed by atoms with Gasteiger partial charge in [0.2, 0.25) is 5.91 Å². The second kappa shape index (κ2) is 5.08. The summed E-state index contributed by atoms with van der Waals surface area (Å²) in [4.78, 5) is 22.8. The molecule has 0 saturated carbocycles. The molecular formula is C13H17NO4. The number of carbonyl (C=O) groups excluding carboxylic acids is 1. The Labute approximate surface area is 106 Å². The summed E-state index contributed by atoms with van der Waals surface area (Å²) in [5.74, 6) is -1.03. The molecule has 1 rings (SSSR count). The van der Waals surface area contributed by atoms with E-state index in [-0.39, 0.29) is 0 Å². The van der Waals surface area contributed by atoms with Gasteiger partial charge in [0.1, 0.15) is 11.2 Å². The molecule has 0 aromatic heterocycles. The first-order valence-corrected chi connectivity index (χ1v) is 5.48. The molecule has 2 N–H and O–H groups in total. The van der Waals surface area contributed by atoms with Crippen molar-refractivity contribution in [1.82, 2.24) is 0 Å². The van der Waals surface area contributed by atoms with Crippen LogP contribution in [0.3, 0.4) is 0 Å². The van der Waals surface area contributed by atoms with Gasteiger partial charge in [0.05, 0.1) is 7.11 Å². The molecule has 0 aliphatic carbocycles. The van der Waals surface area contributed by atoms with E-state index < -0.39 is 17.3 Å². The highest BCUT2D eigenvalue weighted by molar-refractivity contribution is 6.07. The summed E-state index contributed by atoms with van der Waals surface area (Å²) < 4.78 is 5.05. The molecule has 1 aromatic carbocycles. The van der Waals surface area contributed by atoms with Crippen molar-refractivity contribution in [3.8, 4) is 5.75 Å². The van der Waals surface area contributed by atoms with Crippen molar-refractivity contribution in [2.45, 2.75) is 20.8 Å². The third-order valence-corrected chi connectivity index (χ3v) is 2.78. The van der Waals surface area contributed by atoms with Crippen molar-refractivity contribution in [3.63, 3.8) is 0 Å². The highest BCUT2D eigenvalue weighted by atomic mass is 16.5. The van der Waals surface area contributed by atoms with Crippen molar-refractivity contribution < 1.29 is 19.4 Å². The summed E-state index contributed by atoms with van der Waals surface area (Å²) >= 11 is 0. The lowest BCUT2D eigenvalue weighted by atomic mass is 9.92. The first-order chi connectivity index (χ1) is 8.28. The number of carboxylic acid groups (broad SMARTS) is 1. The Morgan fingerprint density at radius 1 is 1.33 bits per heavy atom. The fraction of sp³-hybridized carbons (Fsp3) is 0.385. The van der Waals surface area contributed by atoms with Crippen LogP contribution in [0.5, 0.6) is 5.75 Å². The van der Waals surface area contributed by atoms with Gasteiger partial charge >= 0.3 is 5.97 Å². The van der Waals surface area contributed by atoms with Gasteiger partial charge in [0, 0.05) is 5.69 Å². The highest BCUT2D eigenvalue weighted by Crippen LogP contribution is 2.24. The van der Waals surface area contributed by atoms with Crippen LogP contribution in [0.2, 0.25) is 0 Å². The number of carboxylic acids is 1. The number of amides is 1. The summed E-state index contributed by atoms with van der Waals surface area (Å²) in [5.41, 5.74) is -0.0779. The maximum atomic E-state index is 11.9. The molecule has 18 heavy (non-hydrogen) atoms. The quantitative estimate of drug-likeness (QED) is 0.803. The fourth-order valence-corrected chi connectivity index (χ4v) is 1.28. The lowest BCUT2D eigenvalue weighted by molar-refractivity contribution is -0.151. The Morgan fingerprint density at radius 2 is 1.94 bits per heavy atom. The standard InChI is InChI=1S/C13H17NO4/c1-8-7-9(18-4)5-6-10(8)14-11(15)13(2,3)12(16)17/h5-7H,1-4H3,(H,14,15)(H,16,17). The minimum Gasteiger partial charge on any atom is -0.497 e. The molecule has 0 spiro atoms. The van der Waals surface area contributed by atoms with Crippen molar-refractivity contribution in [3.05, 3.63) is 23.8 Å². The number of methoxy groups -OCH3 is 1. The molecule has 0 atom stereocenters. The van der Waals surface area contributed by atoms with Gasteiger partial charge in [0.25, 0.3) is 0 Å². The normalized spacial score (nSPS) is 10.9. The topological polar surface area (TPSA) is 75.6 Å². The van der Waals surface area contributed by atoms with Crippen LogP contribution < -0.4 is 10.1 Å². The van der Waals surface area contributed by atoms with E-state index in [9.17, 15) is 9.59 Å². The van der Waals surface area contributed by atoms with Gasteiger partial charge in [-0.1, -0.05) is 0 Å². The molecule has 5 nitrogen and oxygen atoms in total. The van der Waals surface area contributed by atoms with E-state index in [4.69, 9.17) is 9.84 Å². The second-order valence-electron chi connectivity index (χ2n) is 4.57. The number of hydrogen-bond acceptors (Lipinski definition) is 3. The molecule has 0 bridgehead atoms. The largest absolute Gasteiger partial charge is 0.497 e. The van der Waals surface area contributed by atoms with Crippen LogP contribution in [-0.4, -0.2) is 24.1 Å². The summed E-state index contributed by atoms with van der Waals surface area (Å²) in [6, 6.07) is 5.16. The summed E-state index contributed by atoms with van der Waals surface area (Å²) in [6.07, 6.45) is 0. The van der Waals surface area contributed by atoms with E-state index in [1.807, 2.05) is 6.92 Å². The lowest BCUT2D eigenvalue weighted by Crippen LogP contribution is -2.37. The van der Waals surface area contributed by atoms with Crippen molar-refractivity contribution in [2.24, 2.45) is 5.41 Å². The minimum absolute atomic E-state index is 0.553. The van der Waals surface area contributed by atoms with Gasteiger partial charge < -0.3 is 15.2 Å². The Hall–Kier alpha value is -2.04. The number of rotatable bonds is 4. The van der Waals surface area contributed by atoms with Crippen LogP contribution in [-0.2, 0) is 9.59 Å². The Balaban J connectivity index is 2.92. The maximum Gasteiger partial charge on any atom is 0.318 e. The molecule has 0 fully saturated rings. The maximum absolute atomic E-state index is 11.9. The van der Waals surface area contributed by atoms with Gasteiger partial charge in [0.15, 0.2) is 0 Å². The average molecular weight is 251 g/mol. The second-order valence-corrected chi connectivity index (χ2v) is 4.57. The Bertz CT molecular complexity index is 480. The van der Waals surface area contributed by atoms with Gasteiger partial charge in [-0.05, 0) is 44.5 Å². The smallest absolute Gasteiger partial charge is 0.318 e. The summed E-state index contributed by atoms with van der Waals surface area (Å²) in [6.45, 7) is 4.54. The lowest BCUT2D eigenvalue weighted by Gasteiger charge is -2.19. The summed E-state index contributed by atoms with van der Waals surface area (Å²) in [7, 11) is 1.56. The molecule has 5 heteroatoms. The van der Waals surface area contributed by atoms with Crippen LogP contribution in [0.1, 0.15) is 19.4 Å². The van der Waals surface area contributed by atoms with Crippen LogP contribution in [0.15, 0.2) is 18.2 Å². The predicted molar refractivity (Wildman–Crippen MR) is 67.8 cm³/mol. The molecule has 0 radical (unpaired) electrons. The molecule has 0 saturated heterocycles. The molecule has 1 aromatic rings. The zero-order valence-electron chi connectivity index (χ0n) is 10.9. The molecule has 0 aliphatic heterocycles. The van der Waals surface area contributed by atoms with Gasteiger partial charge in [-0.3, -0.25) is 9.59 Å². The number of aliphatic carboxylic acids is 1. The van der Waals surface area contributed by atoms with E-state index in [1.54, 1.807) is 25.3 Å². The number of nitrogens with one attached hydrogen (secondary N) is 1. The van der Waals surface area contributed by atoms with E-state index in [0.717, 1.165) is 5.56 Å². The average Bonchev–Trinajstić information content (AvgIpc) is 2.31. The molecular weight excluding hydrogens is 234 g/mol. The predicted octanol–water partition coefficient (Wildman–Crippen LogP) is 2.05. The Kier molecular flexibility index (Phi) is 3.96. The van der Waals surface area contributed by atoms with Crippen LogP contribution >= 0.6 is 0 Å². The third kappa shape index (κ3) is 2.80. The van der Waals surface area contributed by atoms with Gasteiger partial charge in [-0.25, -0.2) is 0 Å². The molecule has 0 aliphatic rings.